The van der Waals surface area contributed by atoms with E-state index in [-0.39, 0.29) is 0 Å². The molecule has 0 aliphatic rings. The summed E-state index contributed by atoms with van der Waals surface area (Å²) in [5.74, 6) is 0.584. The number of fused-ring (bicyclic) bond motifs is 3. The summed E-state index contributed by atoms with van der Waals surface area (Å²) in [7, 11) is 0. The predicted molar refractivity (Wildman–Crippen MR) is 249 cm³/mol. The lowest BCUT2D eigenvalue weighted by Crippen LogP contribution is -2.03. The number of para-hydroxylation sites is 1. The summed E-state index contributed by atoms with van der Waals surface area (Å²) in [6, 6.07) is 66.8. The van der Waals surface area contributed by atoms with E-state index in [9.17, 15) is 5.26 Å². The molecule has 0 atom stereocenters. The van der Waals surface area contributed by atoms with Crippen molar-refractivity contribution < 1.29 is 0 Å². The summed E-state index contributed by atoms with van der Waals surface area (Å²) in [5, 5.41) is 12.1. The first kappa shape index (κ1) is 36.9. The Morgan fingerprint density at radius 3 is 1.67 bits per heavy atom. The predicted octanol–water partition coefficient (Wildman–Crippen LogP) is 14.6. The molecule has 8 aromatic carbocycles. The van der Waals surface area contributed by atoms with Gasteiger partial charge in [-0.3, -0.25) is 0 Å². The zero-order valence-corrected chi connectivity index (χ0v) is 33.6. The monoisotopic (exact) mass is 779 g/mol. The van der Waals surface area contributed by atoms with Crippen molar-refractivity contribution in [3.8, 4) is 79.0 Å². The highest BCUT2D eigenvalue weighted by atomic mass is 15.0. The fourth-order valence-corrected chi connectivity index (χ4v) is 8.49. The van der Waals surface area contributed by atoms with Gasteiger partial charge in [0.2, 0.25) is 0 Å². The smallest absolute Gasteiger partial charge is 0.187 e. The van der Waals surface area contributed by atoms with Crippen molar-refractivity contribution in [1.29, 1.82) is 5.26 Å². The van der Waals surface area contributed by atoms with Crippen LogP contribution in [-0.2, 0) is 0 Å². The Morgan fingerprint density at radius 2 is 1.07 bits per heavy atom. The summed E-state index contributed by atoms with van der Waals surface area (Å²) >= 11 is 0. The molecule has 2 heterocycles. The summed E-state index contributed by atoms with van der Waals surface area (Å²) in [6.45, 7) is 12.1. The van der Waals surface area contributed by atoms with Gasteiger partial charge in [0.15, 0.2) is 11.5 Å². The molecule has 10 rings (SSSR count). The van der Waals surface area contributed by atoms with Gasteiger partial charge in [-0.05, 0) is 90.2 Å². The van der Waals surface area contributed by atoms with E-state index in [1.807, 2.05) is 84.9 Å². The molecule has 0 aliphatic carbocycles. The molecule has 0 amide bonds. The van der Waals surface area contributed by atoms with E-state index < -0.39 is 0 Å². The fraction of sp³-hybridized carbons (Fsp3) is 0.0357. The minimum absolute atomic E-state index is 0.566. The lowest BCUT2D eigenvalue weighted by molar-refractivity contribution is 1.17. The van der Waals surface area contributed by atoms with Crippen molar-refractivity contribution in [3.63, 3.8) is 0 Å². The van der Waals surface area contributed by atoms with Crippen LogP contribution in [0.5, 0.6) is 0 Å². The largest absolute Gasteiger partial charge is 0.308 e. The van der Waals surface area contributed by atoms with E-state index in [2.05, 4.69) is 132 Å². The van der Waals surface area contributed by atoms with E-state index in [1.54, 1.807) is 0 Å². The maximum Gasteiger partial charge on any atom is 0.187 e. The van der Waals surface area contributed by atoms with Gasteiger partial charge in [0, 0.05) is 38.6 Å². The average molecular weight is 780 g/mol. The van der Waals surface area contributed by atoms with Gasteiger partial charge in [0.05, 0.1) is 46.3 Å². The Kier molecular flexibility index (Phi) is 9.33. The fourth-order valence-electron chi connectivity index (χ4n) is 8.49. The SMILES string of the molecule is [C-]#[N+]c1ccc(-c2cc(-c3nc(-c4ccccc4)cc(-c4ccccc4)n3)cc(-c3ccc(C#N)cc3)c2-n2c3ccccc3c3cc(-c4ccc(C)cc4C)ccc32)cc1. The molecular weight excluding hydrogens is 743 g/mol. The molecule has 0 unspecified atom stereocenters. The molecule has 0 aliphatic heterocycles. The number of aromatic nitrogens is 3. The molecule has 2 aromatic heterocycles. The minimum Gasteiger partial charge on any atom is -0.308 e. The van der Waals surface area contributed by atoms with E-state index in [0.29, 0.717) is 17.1 Å². The molecule has 0 saturated heterocycles. The van der Waals surface area contributed by atoms with Gasteiger partial charge < -0.3 is 4.57 Å². The van der Waals surface area contributed by atoms with Crippen LogP contribution in [0.4, 0.5) is 5.69 Å². The number of nitrogens with zero attached hydrogens (tertiary/aromatic N) is 5. The molecule has 61 heavy (non-hydrogen) atoms. The second kappa shape index (κ2) is 15.4. The van der Waals surface area contributed by atoms with Crippen molar-refractivity contribution in [2.24, 2.45) is 0 Å². The van der Waals surface area contributed by atoms with Gasteiger partial charge in [-0.2, -0.15) is 5.26 Å². The lowest BCUT2D eigenvalue weighted by Gasteiger charge is -2.21. The highest BCUT2D eigenvalue weighted by molar-refractivity contribution is 6.12. The third-order valence-electron chi connectivity index (χ3n) is 11.5. The first-order valence-corrected chi connectivity index (χ1v) is 20.2. The number of aryl methyl sites for hydroxylation is 2. The number of hydrogen-bond acceptors (Lipinski definition) is 3. The van der Waals surface area contributed by atoms with Gasteiger partial charge in [-0.1, -0.05) is 145 Å². The van der Waals surface area contributed by atoms with Crippen LogP contribution in [0.15, 0.2) is 188 Å². The first-order chi connectivity index (χ1) is 29.9. The standard InChI is InChI=1S/C56H37N5/c1-36-18-28-46(37(2)30-36)43-25-29-54-50(31-43)47-16-10-11-17-53(47)61(54)55-48(39-21-19-38(35-57)20-22-39)32-44(33-49(55)40-23-26-45(58-3)27-24-40)56-59-51(41-12-6-4-7-13-41)34-52(60-56)42-14-8-5-9-15-42/h4-34H,1-2H3. The maximum absolute atomic E-state index is 9.85. The summed E-state index contributed by atoms with van der Waals surface area (Å²) < 4.78 is 2.38. The lowest BCUT2D eigenvalue weighted by atomic mass is 9.92. The van der Waals surface area contributed by atoms with E-state index in [4.69, 9.17) is 16.5 Å². The second-order valence-electron chi connectivity index (χ2n) is 15.4. The van der Waals surface area contributed by atoms with Crippen molar-refractivity contribution in [1.82, 2.24) is 14.5 Å². The molecule has 0 spiro atoms. The van der Waals surface area contributed by atoms with E-state index in [1.165, 1.54) is 16.7 Å². The molecule has 0 saturated carbocycles. The Bertz CT molecular complexity index is 3230. The van der Waals surface area contributed by atoms with Gasteiger partial charge in [0.1, 0.15) is 0 Å². The number of rotatable bonds is 7. The summed E-state index contributed by atoms with van der Waals surface area (Å²) in [4.78, 5) is 14.3. The van der Waals surface area contributed by atoms with Crippen LogP contribution in [-0.4, -0.2) is 14.5 Å². The topological polar surface area (TPSA) is 58.9 Å². The normalized spacial score (nSPS) is 11.1. The van der Waals surface area contributed by atoms with Crippen molar-refractivity contribution in [2.75, 3.05) is 0 Å². The number of hydrogen-bond donors (Lipinski definition) is 0. The quantitative estimate of drug-likeness (QED) is 0.151. The molecule has 286 valence electrons. The highest BCUT2D eigenvalue weighted by Gasteiger charge is 2.23. The third kappa shape index (κ3) is 6.81. The summed E-state index contributed by atoms with van der Waals surface area (Å²) in [5.41, 5.74) is 17.3. The van der Waals surface area contributed by atoms with Crippen molar-refractivity contribution in [2.45, 2.75) is 13.8 Å². The molecule has 5 heteroatoms. The van der Waals surface area contributed by atoms with Crippen LogP contribution in [0.25, 0.3) is 99.6 Å². The molecule has 0 N–H and O–H groups in total. The molecule has 0 bridgehead atoms. The Morgan fingerprint density at radius 1 is 0.492 bits per heavy atom. The molecule has 0 radical (unpaired) electrons. The summed E-state index contributed by atoms with van der Waals surface area (Å²) in [6.07, 6.45) is 0. The first-order valence-electron chi connectivity index (χ1n) is 20.2. The zero-order chi connectivity index (χ0) is 41.5. The molecule has 0 fully saturated rings. The van der Waals surface area contributed by atoms with Crippen LogP contribution < -0.4 is 0 Å². The minimum atomic E-state index is 0.566. The van der Waals surface area contributed by atoms with E-state index in [0.717, 1.165) is 83.4 Å². The van der Waals surface area contributed by atoms with Gasteiger partial charge in [0.25, 0.3) is 0 Å². The number of benzene rings is 8. The Labute approximate surface area is 355 Å². The van der Waals surface area contributed by atoms with Gasteiger partial charge in [-0.25, -0.2) is 14.8 Å². The second-order valence-corrected chi connectivity index (χ2v) is 15.4. The van der Waals surface area contributed by atoms with Crippen LogP contribution >= 0.6 is 0 Å². The Hall–Kier alpha value is -8.38. The number of nitriles is 1. The molecule has 10 aromatic rings. The Balaban J connectivity index is 1.31. The van der Waals surface area contributed by atoms with Crippen LogP contribution in [0.1, 0.15) is 16.7 Å². The van der Waals surface area contributed by atoms with E-state index >= 15 is 0 Å². The third-order valence-corrected chi connectivity index (χ3v) is 11.5. The highest BCUT2D eigenvalue weighted by Crippen LogP contribution is 2.45. The molecular formula is C56H37N5. The zero-order valence-electron chi connectivity index (χ0n) is 33.6. The maximum atomic E-state index is 9.85. The van der Waals surface area contributed by atoms with Gasteiger partial charge in [-0.15, -0.1) is 0 Å². The van der Waals surface area contributed by atoms with Gasteiger partial charge >= 0.3 is 0 Å². The van der Waals surface area contributed by atoms with Crippen LogP contribution in [0.3, 0.4) is 0 Å². The van der Waals surface area contributed by atoms with Crippen molar-refractivity contribution in [3.05, 3.63) is 216 Å². The van der Waals surface area contributed by atoms with Crippen molar-refractivity contribution >= 4 is 27.5 Å². The van der Waals surface area contributed by atoms with Crippen LogP contribution in [0.2, 0.25) is 0 Å². The molecule has 5 nitrogen and oxygen atoms in total. The average Bonchev–Trinajstić information content (AvgIpc) is 3.65. The van der Waals surface area contributed by atoms with Crippen LogP contribution in [0, 0.1) is 31.8 Å².